The van der Waals surface area contributed by atoms with Gasteiger partial charge in [-0.2, -0.15) is 0 Å². The van der Waals surface area contributed by atoms with Crippen molar-refractivity contribution in [3.05, 3.63) is 65.9 Å². The van der Waals surface area contributed by atoms with Crippen LogP contribution in [0.1, 0.15) is 22.9 Å². The molecule has 0 aliphatic carbocycles. The van der Waals surface area contributed by atoms with Crippen LogP contribution in [0.5, 0.6) is 0 Å². The Labute approximate surface area is 111 Å². The smallest absolute Gasteiger partial charge is 0.115 e. The molecule has 0 saturated carbocycles. The fourth-order valence-electron chi connectivity index (χ4n) is 2.25. The molecule has 3 rings (SSSR count). The maximum absolute atomic E-state index is 6.34. The Morgan fingerprint density at radius 3 is 2.63 bits per heavy atom. The second kappa shape index (κ2) is 4.74. The van der Waals surface area contributed by atoms with Crippen LogP contribution < -0.4 is 5.73 Å². The lowest BCUT2D eigenvalue weighted by Crippen LogP contribution is -2.13. The van der Waals surface area contributed by atoms with Crippen molar-refractivity contribution in [1.29, 1.82) is 0 Å². The van der Waals surface area contributed by atoms with Gasteiger partial charge in [0.15, 0.2) is 0 Å². The molecule has 0 radical (unpaired) electrons. The van der Waals surface area contributed by atoms with Crippen molar-refractivity contribution in [2.75, 3.05) is 0 Å². The first-order chi connectivity index (χ1) is 9.25. The van der Waals surface area contributed by atoms with Crippen LogP contribution in [0, 0.1) is 6.92 Å². The Bertz CT molecular complexity index is 710. The SMILES string of the molecule is Cc1cc(C(N)c2cncnc2)c2ccccc2n1. The van der Waals surface area contributed by atoms with Gasteiger partial charge < -0.3 is 5.73 Å². The van der Waals surface area contributed by atoms with Gasteiger partial charge >= 0.3 is 0 Å². The lowest BCUT2D eigenvalue weighted by Gasteiger charge is -2.15. The topological polar surface area (TPSA) is 64.7 Å². The molecule has 2 heterocycles. The van der Waals surface area contributed by atoms with Crippen molar-refractivity contribution in [2.24, 2.45) is 5.73 Å². The molecule has 4 nitrogen and oxygen atoms in total. The molecule has 2 N–H and O–H groups in total. The quantitative estimate of drug-likeness (QED) is 0.758. The zero-order valence-corrected chi connectivity index (χ0v) is 10.6. The third-order valence-electron chi connectivity index (χ3n) is 3.15. The number of nitrogens with zero attached hydrogens (tertiary/aromatic N) is 3. The monoisotopic (exact) mass is 250 g/mol. The van der Waals surface area contributed by atoms with Gasteiger partial charge in [-0.25, -0.2) is 9.97 Å². The van der Waals surface area contributed by atoms with Crippen LogP contribution in [0.4, 0.5) is 0 Å². The standard InChI is InChI=1S/C15H14N4/c1-10-6-13(12-4-2-3-5-14(12)19-10)15(16)11-7-17-9-18-8-11/h2-9,15H,16H2,1H3. The number of aromatic nitrogens is 3. The van der Waals surface area contributed by atoms with Crippen LogP contribution in [0.3, 0.4) is 0 Å². The molecule has 1 unspecified atom stereocenters. The number of rotatable bonds is 2. The second-order valence-corrected chi connectivity index (χ2v) is 4.52. The zero-order valence-electron chi connectivity index (χ0n) is 10.6. The van der Waals surface area contributed by atoms with Gasteiger partial charge in [-0.15, -0.1) is 0 Å². The van der Waals surface area contributed by atoms with Gasteiger partial charge in [-0.05, 0) is 24.6 Å². The van der Waals surface area contributed by atoms with Crippen molar-refractivity contribution in [3.63, 3.8) is 0 Å². The van der Waals surface area contributed by atoms with Crippen molar-refractivity contribution in [2.45, 2.75) is 13.0 Å². The van der Waals surface area contributed by atoms with Crippen molar-refractivity contribution < 1.29 is 0 Å². The van der Waals surface area contributed by atoms with Gasteiger partial charge in [0, 0.05) is 29.0 Å². The maximum Gasteiger partial charge on any atom is 0.115 e. The third-order valence-corrected chi connectivity index (χ3v) is 3.15. The van der Waals surface area contributed by atoms with Gasteiger partial charge in [0.2, 0.25) is 0 Å². The highest BCUT2D eigenvalue weighted by Crippen LogP contribution is 2.26. The Hall–Kier alpha value is -2.33. The summed E-state index contributed by atoms with van der Waals surface area (Å²) < 4.78 is 0. The van der Waals surface area contributed by atoms with E-state index in [1.54, 1.807) is 12.4 Å². The minimum absolute atomic E-state index is 0.243. The van der Waals surface area contributed by atoms with E-state index in [0.29, 0.717) is 0 Å². The molecule has 3 aromatic rings. The molecule has 0 bridgehead atoms. The van der Waals surface area contributed by atoms with E-state index in [-0.39, 0.29) is 6.04 Å². The van der Waals surface area contributed by atoms with Crippen LogP contribution in [0.25, 0.3) is 10.9 Å². The molecule has 0 amide bonds. The normalized spacial score (nSPS) is 12.5. The summed E-state index contributed by atoms with van der Waals surface area (Å²) in [6, 6.07) is 9.81. The molecular formula is C15H14N4. The van der Waals surface area contributed by atoms with Gasteiger partial charge in [0.1, 0.15) is 6.33 Å². The van der Waals surface area contributed by atoms with Crippen LogP contribution in [-0.2, 0) is 0 Å². The van der Waals surface area contributed by atoms with E-state index >= 15 is 0 Å². The van der Waals surface area contributed by atoms with E-state index in [0.717, 1.165) is 27.7 Å². The summed E-state index contributed by atoms with van der Waals surface area (Å²) in [5, 5.41) is 1.07. The summed E-state index contributed by atoms with van der Waals surface area (Å²) in [5.74, 6) is 0. The van der Waals surface area contributed by atoms with Crippen molar-refractivity contribution in [1.82, 2.24) is 15.0 Å². The summed E-state index contributed by atoms with van der Waals surface area (Å²) >= 11 is 0. The fourth-order valence-corrected chi connectivity index (χ4v) is 2.25. The van der Waals surface area contributed by atoms with Crippen molar-refractivity contribution >= 4 is 10.9 Å². The Kier molecular flexibility index (Phi) is 2.93. The molecule has 94 valence electrons. The van der Waals surface area contributed by atoms with Gasteiger partial charge in [-0.1, -0.05) is 18.2 Å². The Morgan fingerprint density at radius 1 is 1.11 bits per heavy atom. The van der Waals surface area contributed by atoms with Gasteiger partial charge in [0.25, 0.3) is 0 Å². The van der Waals surface area contributed by atoms with Crippen LogP contribution in [0.2, 0.25) is 0 Å². The summed E-state index contributed by atoms with van der Waals surface area (Å²) in [7, 11) is 0. The second-order valence-electron chi connectivity index (χ2n) is 4.52. The molecule has 0 fully saturated rings. The van der Waals surface area contributed by atoms with Crippen LogP contribution in [0.15, 0.2) is 49.1 Å². The van der Waals surface area contributed by atoms with E-state index in [9.17, 15) is 0 Å². The predicted octanol–water partition coefficient (Wildman–Crippen LogP) is 2.38. The Balaban J connectivity index is 2.19. The summed E-state index contributed by atoms with van der Waals surface area (Å²) in [5.41, 5.74) is 10.2. The largest absolute Gasteiger partial charge is 0.320 e. The molecule has 0 aliphatic rings. The van der Waals surface area contributed by atoms with Crippen LogP contribution in [-0.4, -0.2) is 15.0 Å². The maximum atomic E-state index is 6.34. The third kappa shape index (κ3) is 2.18. The number of hydrogen-bond donors (Lipinski definition) is 1. The average molecular weight is 250 g/mol. The molecule has 1 aromatic carbocycles. The number of hydrogen-bond acceptors (Lipinski definition) is 4. The van der Waals surface area contributed by atoms with Gasteiger partial charge in [0.05, 0.1) is 11.6 Å². The average Bonchev–Trinajstić information content (AvgIpc) is 2.46. The van der Waals surface area contributed by atoms with Gasteiger partial charge in [-0.3, -0.25) is 4.98 Å². The molecule has 0 saturated heterocycles. The number of para-hydroxylation sites is 1. The number of fused-ring (bicyclic) bond motifs is 1. The van der Waals surface area contributed by atoms with E-state index < -0.39 is 0 Å². The summed E-state index contributed by atoms with van der Waals surface area (Å²) in [6.45, 7) is 1.98. The first kappa shape index (κ1) is 11.7. The number of pyridine rings is 1. The van der Waals surface area contributed by atoms with E-state index in [1.807, 2.05) is 37.3 Å². The van der Waals surface area contributed by atoms with E-state index in [1.165, 1.54) is 6.33 Å². The summed E-state index contributed by atoms with van der Waals surface area (Å²) in [6.07, 6.45) is 5.01. The lowest BCUT2D eigenvalue weighted by molar-refractivity contribution is 0.855. The first-order valence-corrected chi connectivity index (χ1v) is 6.12. The molecule has 19 heavy (non-hydrogen) atoms. The summed E-state index contributed by atoms with van der Waals surface area (Å²) in [4.78, 5) is 12.6. The number of nitrogens with two attached hydrogens (primary N) is 1. The minimum Gasteiger partial charge on any atom is -0.320 e. The van der Waals surface area contributed by atoms with Crippen molar-refractivity contribution in [3.8, 4) is 0 Å². The predicted molar refractivity (Wildman–Crippen MR) is 74.5 cm³/mol. The van der Waals surface area contributed by atoms with E-state index in [4.69, 9.17) is 5.73 Å². The molecular weight excluding hydrogens is 236 g/mol. The zero-order chi connectivity index (χ0) is 13.2. The minimum atomic E-state index is -0.243. The highest BCUT2D eigenvalue weighted by Gasteiger charge is 2.13. The van der Waals surface area contributed by atoms with Crippen LogP contribution >= 0.6 is 0 Å². The number of aryl methyl sites for hydroxylation is 1. The molecule has 0 aliphatic heterocycles. The fraction of sp³-hybridized carbons (Fsp3) is 0.133. The Morgan fingerprint density at radius 2 is 1.84 bits per heavy atom. The molecule has 0 spiro atoms. The lowest BCUT2D eigenvalue weighted by atomic mass is 9.97. The molecule has 2 aromatic heterocycles. The highest BCUT2D eigenvalue weighted by atomic mass is 14.8. The molecule has 4 heteroatoms. The van der Waals surface area contributed by atoms with E-state index in [2.05, 4.69) is 15.0 Å². The molecule has 1 atom stereocenters. The number of benzene rings is 1. The first-order valence-electron chi connectivity index (χ1n) is 6.12. The highest BCUT2D eigenvalue weighted by molar-refractivity contribution is 5.83.